The number of thioether (sulfide) groups is 1. The Kier molecular flexibility index (Phi) is 8.91. The predicted octanol–water partition coefficient (Wildman–Crippen LogP) is 5.21. The predicted molar refractivity (Wildman–Crippen MR) is 171 cm³/mol. The Bertz CT molecular complexity index is 1630. The van der Waals surface area contributed by atoms with Crippen LogP contribution in [0, 0.1) is 11.8 Å². The Morgan fingerprint density at radius 3 is 2.64 bits per heavy atom. The number of aromatic hydroxyl groups is 2. The molecule has 1 aromatic heterocycles. The van der Waals surface area contributed by atoms with Crippen molar-refractivity contribution in [3.05, 3.63) is 70.3 Å². The van der Waals surface area contributed by atoms with Crippen LogP contribution in [0.15, 0.2) is 57.9 Å². The minimum atomic E-state index is -0.739. The van der Waals surface area contributed by atoms with Crippen LogP contribution in [0.4, 0.5) is 4.79 Å². The van der Waals surface area contributed by atoms with Crippen molar-refractivity contribution in [1.82, 2.24) is 10.2 Å². The van der Waals surface area contributed by atoms with Crippen LogP contribution in [0.1, 0.15) is 49.0 Å². The third kappa shape index (κ3) is 6.74. The Morgan fingerprint density at radius 2 is 1.93 bits per heavy atom. The molecule has 1 saturated heterocycles. The molecular weight excluding hydrogens is 594 g/mol. The van der Waals surface area contributed by atoms with E-state index in [1.807, 2.05) is 6.07 Å². The normalized spacial score (nSPS) is 22.4. The number of fused-ring (bicyclic) bond motifs is 2. The van der Waals surface area contributed by atoms with Crippen molar-refractivity contribution in [2.45, 2.75) is 57.0 Å². The van der Waals surface area contributed by atoms with Crippen molar-refractivity contribution in [2.75, 3.05) is 13.7 Å². The molecule has 2 aromatic carbocycles. The molecule has 5 N–H and O–H groups in total. The second kappa shape index (κ2) is 13.0. The summed E-state index contributed by atoms with van der Waals surface area (Å²) in [5.74, 6) is 1.97. The van der Waals surface area contributed by atoms with E-state index in [0.717, 1.165) is 42.2 Å². The van der Waals surface area contributed by atoms with Crippen LogP contribution in [-0.2, 0) is 22.4 Å². The zero-order valence-corrected chi connectivity index (χ0v) is 25.8. The summed E-state index contributed by atoms with van der Waals surface area (Å²) in [4.78, 5) is 40.9. The molecule has 0 spiro atoms. The third-order valence-corrected chi connectivity index (χ3v) is 9.91. The largest absolute Gasteiger partial charge is 0.508 e. The fraction of sp³-hybridized carbons (Fsp3) is 0.382. The summed E-state index contributed by atoms with van der Waals surface area (Å²) in [7, 11) is 1.51. The molecule has 2 bridgehead atoms. The summed E-state index contributed by atoms with van der Waals surface area (Å²) in [6.45, 7) is 0.364. The number of furan rings is 1. The van der Waals surface area contributed by atoms with E-state index in [9.17, 15) is 24.6 Å². The summed E-state index contributed by atoms with van der Waals surface area (Å²) in [5.41, 5.74) is 8.34. The van der Waals surface area contributed by atoms with Gasteiger partial charge in [-0.05, 0) is 104 Å². The summed E-state index contributed by atoms with van der Waals surface area (Å²) >= 11 is 0.944. The topological polar surface area (TPSA) is 155 Å². The van der Waals surface area contributed by atoms with E-state index in [0.29, 0.717) is 65.4 Å². The van der Waals surface area contributed by atoms with Gasteiger partial charge in [-0.15, -0.1) is 0 Å². The van der Waals surface area contributed by atoms with Crippen LogP contribution in [0.3, 0.4) is 0 Å². The molecule has 2 saturated carbocycles. The molecule has 2 heterocycles. The number of amides is 3. The van der Waals surface area contributed by atoms with Gasteiger partial charge in [-0.2, -0.15) is 0 Å². The number of benzene rings is 2. The van der Waals surface area contributed by atoms with Crippen molar-refractivity contribution in [3.8, 4) is 28.6 Å². The first-order valence-electron chi connectivity index (χ1n) is 15.3. The van der Waals surface area contributed by atoms with E-state index in [2.05, 4.69) is 5.32 Å². The van der Waals surface area contributed by atoms with Gasteiger partial charge < -0.3 is 30.4 Å². The van der Waals surface area contributed by atoms with Crippen molar-refractivity contribution in [1.29, 1.82) is 0 Å². The maximum atomic E-state index is 13.5. The van der Waals surface area contributed by atoms with Crippen LogP contribution in [0.2, 0.25) is 0 Å². The van der Waals surface area contributed by atoms with Gasteiger partial charge in [-0.3, -0.25) is 19.3 Å². The molecule has 3 unspecified atom stereocenters. The van der Waals surface area contributed by atoms with Crippen molar-refractivity contribution >= 4 is 34.9 Å². The zero-order valence-electron chi connectivity index (χ0n) is 25.0. The van der Waals surface area contributed by atoms with Gasteiger partial charge in [0.05, 0.1) is 18.1 Å². The van der Waals surface area contributed by atoms with Gasteiger partial charge in [0.1, 0.15) is 28.8 Å². The lowest BCUT2D eigenvalue weighted by molar-refractivity contribution is -0.125. The van der Waals surface area contributed by atoms with Crippen LogP contribution in [-0.4, -0.2) is 57.9 Å². The molecule has 3 fully saturated rings. The SMILES string of the molecule is COc1cc(O)cc(-c2cc(CCCNC(=O)[C@@H](N)Cc3ccc(O)cc3)c(C=C3SC(=O)N(C4CC5CCC4C5)C3=O)o2)c1. The molecular formula is C34H37N3O7S. The molecule has 236 valence electrons. The first-order chi connectivity index (χ1) is 21.7. The monoisotopic (exact) mass is 631 g/mol. The number of carbonyl (C=O) groups is 3. The average molecular weight is 632 g/mol. The number of nitrogens with two attached hydrogens (primary N) is 1. The highest BCUT2D eigenvalue weighted by atomic mass is 32.2. The Morgan fingerprint density at radius 1 is 1.13 bits per heavy atom. The Labute approximate surface area is 265 Å². The summed E-state index contributed by atoms with van der Waals surface area (Å²) in [6, 6.07) is 12.5. The number of rotatable bonds is 11. The minimum Gasteiger partial charge on any atom is -0.508 e. The Hall–Kier alpha value is -4.22. The second-order valence-corrected chi connectivity index (χ2v) is 13.1. The average Bonchev–Trinajstić information content (AvgIpc) is 3.80. The Balaban J connectivity index is 1.17. The van der Waals surface area contributed by atoms with E-state index in [-0.39, 0.29) is 34.6 Å². The van der Waals surface area contributed by atoms with Gasteiger partial charge in [-0.25, -0.2) is 0 Å². The van der Waals surface area contributed by atoms with Gasteiger partial charge in [-0.1, -0.05) is 18.6 Å². The first kappa shape index (κ1) is 30.8. The highest BCUT2D eigenvalue weighted by molar-refractivity contribution is 8.18. The van der Waals surface area contributed by atoms with Crippen LogP contribution in [0.25, 0.3) is 17.4 Å². The van der Waals surface area contributed by atoms with Gasteiger partial charge >= 0.3 is 0 Å². The van der Waals surface area contributed by atoms with Crippen molar-refractivity contribution in [3.63, 3.8) is 0 Å². The van der Waals surface area contributed by atoms with E-state index < -0.39 is 6.04 Å². The molecule has 11 heteroatoms. The number of phenolic OH excluding ortho intramolecular Hbond substituents is 2. The fourth-order valence-electron chi connectivity index (χ4n) is 6.76. The maximum Gasteiger partial charge on any atom is 0.293 e. The molecule has 6 rings (SSSR count). The third-order valence-electron chi connectivity index (χ3n) is 9.02. The lowest BCUT2D eigenvalue weighted by atomic mass is 9.94. The van der Waals surface area contributed by atoms with Crippen molar-refractivity contribution < 1.29 is 33.8 Å². The molecule has 1 aliphatic heterocycles. The van der Waals surface area contributed by atoms with Gasteiger partial charge in [0.25, 0.3) is 11.1 Å². The van der Waals surface area contributed by atoms with Crippen LogP contribution in [0.5, 0.6) is 17.2 Å². The number of aryl methyl sites for hydroxylation is 1. The smallest absolute Gasteiger partial charge is 0.293 e. The first-order valence-corrected chi connectivity index (χ1v) is 16.1. The standard InChI is InChI=1S/C34H37N3O7S/c1-43-26-15-23(14-25(39)17-26)29-16-22(3-2-10-36-32(40)27(35)12-19-5-8-24(38)9-6-19)30(44-29)18-31-33(41)37(34(42)45-31)28-13-20-4-7-21(28)11-20/h5-6,8-9,14-18,20-21,27-28,38-39H,2-4,7,10-13,35H2,1H3,(H,36,40)/t20?,21?,27-,28?/m0/s1. The molecule has 4 atom stereocenters. The molecule has 3 aliphatic rings. The molecule has 3 amide bonds. The number of imide groups is 1. The summed E-state index contributed by atoms with van der Waals surface area (Å²) in [5, 5.41) is 22.3. The number of carbonyl (C=O) groups excluding carboxylic acids is 3. The lowest BCUT2D eigenvalue weighted by Crippen LogP contribution is -2.42. The highest BCUT2D eigenvalue weighted by Gasteiger charge is 2.49. The van der Waals surface area contributed by atoms with E-state index in [1.165, 1.54) is 24.5 Å². The lowest BCUT2D eigenvalue weighted by Gasteiger charge is -2.28. The summed E-state index contributed by atoms with van der Waals surface area (Å²) in [6.07, 6.45) is 7.26. The molecule has 3 aromatic rings. The zero-order chi connectivity index (χ0) is 31.7. The molecule has 2 aliphatic carbocycles. The quantitative estimate of drug-likeness (QED) is 0.165. The number of hydrogen-bond donors (Lipinski definition) is 4. The maximum absolute atomic E-state index is 13.5. The van der Waals surface area contributed by atoms with Gasteiger partial charge in [0, 0.05) is 30.3 Å². The van der Waals surface area contributed by atoms with Gasteiger partial charge in [0.2, 0.25) is 5.91 Å². The number of nitrogens with zero attached hydrogens (tertiary/aromatic N) is 1. The minimum absolute atomic E-state index is 0.0159. The molecule has 10 nitrogen and oxygen atoms in total. The van der Waals surface area contributed by atoms with Gasteiger partial charge in [0.15, 0.2) is 0 Å². The number of hydrogen-bond acceptors (Lipinski definition) is 9. The highest BCUT2D eigenvalue weighted by Crippen LogP contribution is 2.49. The number of ether oxygens (including phenoxy) is 1. The number of nitrogens with one attached hydrogen (secondary N) is 1. The molecule has 0 radical (unpaired) electrons. The van der Waals surface area contributed by atoms with E-state index >= 15 is 0 Å². The number of methoxy groups -OCH3 is 1. The second-order valence-electron chi connectivity index (χ2n) is 12.1. The molecule has 45 heavy (non-hydrogen) atoms. The van der Waals surface area contributed by atoms with Crippen molar-refractivity contribution in [2.24, 2.45) is 17.6 Å². The summed E-state index contributed by atoms with van der Waals surface area (Å²) < 4.78 is 11.5. The van der Waals surface area contributed by atoms with Crippen LogP contribution >= 0.6 is 11.8 Å². The van der Waals surface area contributed by atoms with E-state index in [1.54, 1.807) is 42.5 Å². The van der Waals surface area contributed by atoms with Crippen LogP contribution < -0.4 is 15.8 Å². The van der Waals surface area contributed by atoms with E-state index in [4.69, 9.17) is 14.9 Å². The number of phenols is 2. The fourth-order valence-corrected chi connectivity index (χ4v) is 7.61.